The second kappa shape index (κ2) is 4.76. The summed E-state index contributed by atoms with van der Waals surface area (Å²) in [5.41, 5.74) is 1.79. The van der Waals surface area contributed by atoms with Crippen LogP contribution in [0, 0.1) is 0 Å². The van der Waals surface area contributed by atoms with E-state index in [4.69, 9.17) is 0 Å². The maximum atomic E-state index is 10.0. The second-order valence-electron chi connectivity index (χ2n) is 3.66. The van der Waals surface area contributed by atoms with Gasteiger partial charge in [-0.05, 0) is 27.6 Å². The van der Waals surface area contributed by atoms with Gasteiger partial charge in [0.1, 0.15) is 0 Å². The van der Waals surface area contributed by atoms with Gasteiger partial charge in [-0.25, -0.2) is 4.98 Å². The number of aliphatic hydroxyl groups excluding tert-OH is 1. The molecule has 0 bridgehead atoms. The first kappa shape index (κ1) is 11.3. The van der Waals surface area contributed by atoms with Crippen LogP contribution in [0.3, 0.4) is 0 Å². The Labute approximate surface area is 102 Å². The van der Waals surface area contributed by atoms with Crippen molar-refractivity contribution in [1.29, 1.82) is 0 Å². The van der Waals surface area contributed by atoms with Crippen LogP contribution in [0.2, 0.25) is 0 Å². The first-order chi connectivity index (χ1) is 7.66. The standard InChI is InChI=1S/C11H12BrN3O/c1-15-7-14-6-10(15)11(16)3-8-2-9(12)5-13-4-8/h2,4-7,11,16H,3H2,1H3. The molecule has 2 heterocycles. The number of rotatable bonds is 3. The van der Waals surface area contributed by atoms with Crippen LogP contribution >= 0.6 is 15.9 Å². The summed E-state index contributed by atoms with van der Waals surface area (Å²) >= 11 is 3.35. The fraction of sp³-hybridized carbons (Fsp3) is 0.273. The SMILES string of the molecule is Cn1cncc1C(O)Cc1cncc(Br)c1. The molecule has 4 nitrogen and oxygen atoms in total. The van der Waals surface area contributed by atoms with E-state index in [0.29, 0.717) is 6.42 Å². The lowest BCUT2D eigenvalue weighted by molar-refractivity contribution is 0.170. The molecule has 2 aromatic heterocycles. The summed E-state index contributed by atoms with van der Waals surface area (Å²) in [7, 11) is 1.87. The molecule has 1 unspecified atom stereocenters. The molecular weight excluding hydrogens is 270 g/mol. The molecule has 16 heavy (non-hydrogen) atoms. The van der Waals surface area contributed by atoms with E-state index in [0.717, 1.165) is 15.7 Å². The van der Waals surface area contributed by atoms with Gasteiger partial charge in [-0.2, -0.15) is 0 Å². The fourth-order valence-electron chi connectivity index (χ4n) is 1.58. The van der Waals surface area contributed by atoms with Crippen LogP contribution in [0.1, 0.15) is 17.4 Å². The quantitative estimate of drug-likeness (QED) is 0.934. The predicted octanol–water partition coefficient (Wildman–Crippen LogP) is 1.85. The minimum Gasteiger partial charge on any atom is -0.386 e. The monoisotopic (exact) mass is 281 g/mol. The summed E-state index contributed by atoms with van der Waals surface area (Å²) in [4.78, 5) is 8.04. The van der Waals surface area contributed by atoms with Crippen LogP contribution in [0.15, 0.2) is 35.5 Å². The number of halogens is 1. The maximum absolute atomic E-state index is 10.0. The van der Waals surface area contributed by atoms with Crippen molar-refractivity contribution in [2.75, 3.05) is 0 Å². The van der Waals surface area contributed by atoms with Crippen molar-refractivity contribution in [3.05, 3.63) is 46.7 Å². The lowest BCUT2D eigenvalue weighted by Gasteiger charge is -2.10. The summed E-state index contributed by atoms with van der Waals surface area (Å²) in [6, 6.07) is 1.95. The van der Waals surface area contributed by atoms with Crippen LogP contribution in [0.25, 0.3) is 0 Å². The third-order valence-corrected chi connectivity index (χ3v) is 2.82. The molecular formula is C11H12BrN3O. The lowest BCUT2D eigenvalue weighted by atomic mass is 10.1. The molecule has 5 heteroatoms. The lowest BCUT2D eigenvalue weighted by Crippen LogP contribution is -2.06. The van der Waals surface area contributed by atoms with Gasteiger partial charge in [0, 0.05) is 30.3 Å². The molecule has 0 saturated heterocycles. The average molecular weight is 282 g/mol. The zero-order valence-corrected chi connectivity index (χ0v) is 10.4. The molecule has 0 aliphatic rings. The number of hydrogen-bond acceptors (Lipinski definition) is 3. The molecule has 1 atom stereocenters. The first-order valence-electron chi connectivity index (χ1n) is 4.90. The van der Waals surface area contributed by atoms with Crippen LogP contribution < -0.4 is 0 Å². The summed E-state index contributed by atoms with van der Waals surface area (Å²) in [5.74, 6) is 0. The Kier molecular flexibility index (Phi) is 3.36. The van der Waals surface area contributed by atoms with Gasteiger partial charge in [-0.3, -0.25) is 4.98 Å². The van der Waals surface area contributed by atoms with Gasteiger partial charge in [0.15, 0.2) is 0 Å². The van der Waals surface area contributed by atoms with Gasteiger partial charge in [-0.15, -0.1) is 0 Å². The molecule has 0 radical (unpaired) electrons. The average Bonchev–Trinajstić information content (AvgIpc) is 2.64. The van der Waals surface area contributed by atoms with Crippen molar-refractivity contribution in [2.24, 2.45) is 7.05 Å². The topological polar surface area (TPSA) is 50.9 Å². The number of pyridine rings is 1. The Morgan fingerprint density at radius 1 is 1.38 bits per heavy atom. The highest BCUT2D eigenvalue weighted by Crippen LogP contribution is 2.18. The maximum Gasteiger partial charge on any atom is 0.0996 e. The highest BCUT2D eigenvalue weighted by Gasteiger charge is 2.12. The highest BCUT2D eigenvalue weighted by molar-refractivity contribution is 9.10. The molecule has 0 fully saturated rings. The molecule has 1 N–H and O–H groups in total. The molecule has 0 aliphatic heterocycles. The zero-order valence-electron chi connectivity index (χ0n) is 8.84. The van der Waals surface area contributed by atoms with Gasteiger partial charge in [0.2, 0.25) is 0 Å². The van der Waals surface area contributed by atoms with Crippen molar-refractivity contribution in [3.63, 3.8) is 0 Å². The second-order valence-corrected chi connectivity index (χ2v) is 4.58. The zero-order chi connectivity index (χ0) is 11.5. The van der Waals surface area contributed by atoms with Crippen LogP contribution in [0.4, 0.5) is 0 Å². The van der Waals surface area contributed by atoms with Crippen LogP contribution in [0.5, 0.6) is 0 Å². The Hall–Kier alpha value is -1.20. The fourth-order valence-corrected chi connectivity index (χ4v) is 2.00. The van der Waals surface area contributed by atoms with Crippen molar-refractivity contribution in [2.45, 2.75) is 12.5 Å². The molecule has 0 saturated carbocycles. The normalized spacial score (nSPS) is 12.7. The van der Waals surface area contributed by atoms with Gasteiger partial charge >= 0.3 is 0 Å². The van der Waals surface area contributed by atoms with E-state index in [1.807, 2.05) is 17.7 Å². The summed E-state index contributed by atoms with van der Waals surface area (Å²) in [6.07, 6.45) is 6.81. The van der Waals surface area contributed by atoms with E-state index in [9.17, 15) is 5.11 Å². The summed E-state index contributed by atoms with van der Waals surface area (Å²) in [6.45, 7) is 0. The van der Waals surface area contributed by atoms with Crippen molar-refractivity contribution in [3.8, 4) is 0 Å². The van der Waals surface area contributed by atoms with Crippen molar-refractivity contribution in [1.82, 2.24) is 14.5 Å². The number of imidazole rings is 1. The molecule has 0 amide bonds. The molecule has 84 valence electrons. The number of nitrogens with zero attached hydrogens (tertiary/aromatic N) is 3. The Balaban J connectivity index is 2.14. The van der Waals surface area contributed by atoms with Gasteiger partial charge in [0.25, 0.3) is 0 Å². The molecule has 2 rings (SSSR count). The molecule has 0 aromatic carbocycles. The van der Waals surface area contributed by atoms with E-state index in [-0.39, 0.29) is 0 Å². The summed E-state index contributed by atoms with van der Waals surface area (Å²) < 4.78 is 2.73. The Bertz CT molecular complexity index is 484. The van der Waals surface area contributed by atoms with E-state index in [2.05, 4.69) is 25.9 Å². The van der Waals surface area contributed by atoms with E-state index >= 15 is 0 Å². The van der Waals surface area contributed by atoms with Gasteiger partial charge in [-0.1, -0.05) is 0 Å². The predicted molar refractivity (Wildman–Crippen MR) is 63.8 cm³/mol. The van der Waals surface area contributed by atoms with Crippen LogP contribution in [-0.4, -0.2) is 19.6 Å². The number of aliphatic hydroxyl groups is 1. The molecule has 0 aliphatic carbocycles. The highest BCUT2D eigenvalue weighted by atomic mass is 79.9. The number of hydrogen-bond donors (Lipinski definition) is 1. The summed E-state index contributed by atoms with van der Waals surface area (Å²) in [5, 5.41) is 10.0. The molecule has 0 spiro atoms. The van der Waals surface area contributed by atoms with E-state index in [1.165, 1.54) is 0 Å². The van der Waals surface area contributed by atoms with Gasteiger partial charge < -0.3 is 9.67 Å². The minimum absolute atomic E-state index is 0.534. The van der Waals surface area contributed by atoms with E-state index < -0.39 is 6.10 Å². The molecule has 2 aromatic rings. The van der Waals surface area contributed by atoms with Crippen molar-refractivity contribution < 1.29 is 5.11 Å². The third-order valence-electron chi connectivity index (χ3n) is 2.39. The first-order valence-corrected chi connectivity index (χ1v) is 5.70. The van der Waals surface area contributed by atoms with Crippen LogP contribution in [-0.2, 0) is 13.5 Å². The number of aryl methyl sites for hydroxylation is 1. The third kappa shape index (κ3) is 2.48. The Morgan fingerprint density at radius 2 is 2.19 bits per heavy atom. The van der Waals surface area contributed by atoms with E-state index in [1.54, 1.807) is 24.9 Å². The largest absolute Gasteiger partial charge is 0.386 e. The Morgan fingerprint density at radius 3 is 2.81 bits per heavy atom. The number of aromatic nitrogens is 3. The van der Waals surface area contributed by atoms with Crippen molar-refractivity contribution >= 4 is 15.9 Å². The minimum atomic E-state index is -0.552. The van der Waals surface area contributed by atoms with Gasteiger partial charge in [0.05, 0.1) is 24.3 Å². The smallest absolute Gasteiger partial charge is 0.0996 e.